The Balaban J connectivity index is 1.67. The van der Waals surface area contributed by atoms with Crippen LogP contribution in [0, 0.1) is 17.0 Å². The molecule has 33 heavy (non-hydrogen) atoms. The minimum Gasteiger partial charge on any atom is -0.384 e. The van der Waals surface area contributed by atoms with Crippen LogP contribution in [0.15, 0.2) is 60.7 Å². The summed E-state index contributed by atoms with van der Waals surface area (Å²) in [6, 6.07) is 14.0. The molecule has 168 valence electrons. The Morgan fingerprint density at radius 2 is 1.70 bits per heavy atom. The molecule has 3 aromatic carbocycles. The van der Waals surface area contributed by atoms with Crippen molar-refractivity contribution in [2.75, 3.05) is 10.2 Å². The van der Waals surface area contributed by atoms with Gasteiger partial charge in [0.15, 0.2) is 0 Å². The van der Waals surface area contributed by atoms with E-state index in [4.69, 9.17) is 16.9 Å². The van der Waals surface area contributed by atoms with E-state index in [1.165, 1.54) is 0 Å². The lowest BCUT2D eigenvalue weighted by Crippen LogP contribution is -2.41. The molecule has 0 bridgehead atoms. The zero-order chi connectivity index (χ0) is 23.7. The van der Waals surface area contributed by atoms with Gasteiger partial charge >= 0.3 is 0 Å². The number of hydrogen-bond acceptors (Lipinski definition) is 4. The monoisotopic (exact) mass is 449 g/mol. The number of hydrogen-bond donors (Lipinski definition) is 4. The minimum absolute atomic E-state index is 0.113. The number of benzene rings is 3. The van der Waals surface area contributed by atoms with Crippen LogP contribution in [0.4, 0.5) is 20.2 Å². The van der Waals surface area contributed by atoms with Gasteiger partial charge in [-0.15, -0.1) is 0 Å². The molecule has 1 aliphatic rings. The van der Waals surface area contributed by atoms with Crippen LogP contribution in [0.1, 0.15) is 27.0 Å². The second-order valence-electron chi connectivity index (χ2n) is 7.78. The number of rotatable bonds is 6. The molecule has 1 atom stereocenters. The van der Waals surface area contributed by atoms with Crippen LogP contribution in [-0.2, 0) is 17.8 Å². The first-order chi connectivity index (χ1) is 15.7. The highest BCUT2D eigenvalue weighted by Crippen LogP contribution is 2.35. The molecule has 6 N–H and O–H groups in total. The summed E-state index contributed by atoms with van der Waals surface area (Å²) in [6.07, 6.45) is 0.329. The Bertz CT molecular complexity index is 1260. The van der Waals surface area contributed by atoms with Crippen molar-refractivity contribution in [3.05, 3.63) is 94.6 Å². The van der Waals surface area contributed by atoms with E-state index in [0.29, 0.717) is 23.2 Å². The molecule has 3 aromatic rings. The second kappa shape index (κ2) is 8.70. The van der Waals surface area contributed by atoms with Gasteiger partial charge in [-0.05, 0) is 41.5 Å². The Morgan fingerprint density at radius 1 is 1.00 bits per heavy atom. The predicted octanol–water partition coefficient (Wildman–Crippen LogP) is 2.92. The van der Waals surface area contributed by atoms with Gasteiger partial charge in [0.05, 0.1) is 5.69 Å². The van der Waals surface area contributed by atoms with Crippen molar-refractivity contribution in [2.45, 2.75) is 19.0 Å². The molecule has 4 rings (SSSR count). The molecule has 7 nitrogen and oxygen atoms in total. The number of halogens is 2. The molecule has 1 aliphatic heterocycles. The highest BCUT2D eigenvalue weighted by molar-refractivity contribution is 6.00. The summed E-state index contributed by atoms with van der Waals surface area (Å²) in [6.45, 7) is 0.289. The summed E-state index contributed by atoms with van der Waals surface area (Å²) >= 11 is 0. The van der Waals surface area contributed by atoms with E-state index >= 15 is 0 Å². The van der Waals surface area contributed by atoms with E-state index in [-0.39, 0.29) is 18.1 Å². The van der Waals surface area contributed by atoms with Crippen LogP contribution in [0.2, 0.25) is 0 Å². The van der Waals surface area contributed by atoms with E-state index in [1.807, 2.05) is 4.90 Å². The third-order valence-electron chi connectivity index (χ3n) is 5.58. The molecule has 1 heterocycles. The fourth-order valence-electron chi connectivity index (χ4n) is 3.87. The summed E-state index contributed by atoms with van der Waals surface area (Å²) in [7, 11) is 0. The first-order valence-corrected chi connectivity index (χ1v) is 10.1. The first kappa shape index (κ1) is 21.9. The number of nitrogen functional groups attached to an aromatic ring is 1. The fourth-order valence-corrected chi connectivity index (χ4v) is 3.87. The number of nitrogens with two attached hydrogens (primary N) is 2. The van der Waals surface area contributed by atoms with Gasteiger partial charge in [-0.3, -0.25) is 15.0 Å². The largest absolute Gasteiger partial charge is 0.384 e. The zero-order valence-electron chi connectivity index (χ0n) is 17.4. The van der Waals surface area contributed by atoms with Gasteiger partial charge in [0, 0.05) is 35.8 Å². The molecule has 0 radical (unpaired) electrons. The SMILES string of the molecule is N=C(N)c1ccc2c(c1)N(Cc1ccc(C(N)=O)cc1)C(C(=O)Nc1cc(F)ccc1F)C2. The van der Waals surface area contributed by atoms with Gasteiger partial charge in [-0.25, -0.2) is 8.78 Å². The lowest BCUT2D eigenvalue weighted by Gasteiger charge is -2.27. The molecule has 9 heteroatoms. The van der Waals surface area contributed by atoms with Gasteiger partial charge in [-0.2, -0.15) is 0 Å². The number of nitrogens with zero attached hydrogens (tertiary/aromatic N) is 1. The normalized spacial score (nSPS) is 14.6. The maximum Gasteiger partial charge on any atom is 0.248 e. The Kier molecular flexibility index (Phi) is 5.78. The average molecular weight is 449 g/mol. The summed E-state index contributed by atoms with van der Waals surface area (Å²) in [5.74, 6) is -2.58. The van der Waals surface area contributed by atoms with E-state index in [0.717, 1.165) is 29.3 Å². The topological polar surface area (TPSA) is 125 Å². The molecular weight excluding hydrogens is 428 g/mol. The highest BCUT2D eigenvalue weighted by Gasteiger charge is 2.35. The van der Waals surface area contributed by atoms with Crippen LogP contribution < -0.4 is 21.7 Å². The number of carbonyl (C=O) groups is 2. The van der Waals surface area contributed by atoms with Crippen LogP contribution in [-0.4, -0.2) is 23.7 Å². The maximum absolute atomic E-state index is 14.1. The summed E-state index contributed by atoms with van der Waals surface area (Å²) in [4.78, 5) is 26.3. The lowest BCUT2D eigenvalue weighted by molar-refractivity contribution is -0.117. The molecule has 0 fully saturated rings. The third-order valence-corrected chi connectivity index (χ3v) is 5.58. The summed E-state index contributed by atoms with van der Waals surface area (Å²) < 4.78 is 27.7. The van der Waals surface area contributed by atoms with Gasteiger partial charge in [-0.1, -0.05) is 24.3 Å². The van der Waals surface area contributed by atoms with Gasteiger partial charge in [0.2, 0.25) is 11.8 Å². The molecule has 1 unspecified atom stereocenters. The van der Waals surface area contributed by atoms with Crippen LogP contribution in [0.5, 0.6) is 0 Å². The van der Waals surface area contributed by atoms with Gasteiger partial charge in [0.25, 0.3) is 0 Å². The smallest absolute Gasteiger partial charge is 0.248 e. The van der Waals surface area contributed by atoms with Crippen LogP contribution >= 0.6 is 0 Å². The summed E-state index contributed by atoms with van der Waals surface area (Å²) in [5.41, 5.74) is 13.9. The van der Waals surface area contributed by atoms with Crippen LogP contribution in [0.25, 0.3) is 0 Å². The predicted molar refractivity (Wildman–Crippen MR) is 121 cm³/mol. The maximum atomic E-state index is 14.1. The highest BCUT2D eigenvalue weighted by atomic mass is 19.1. The number of fused-ring (bicyclic) bond motifs is 1. The van der Waals surface area contributed by atoms with Crippen LogP contribution in [0.3, 0.4) is 0 Å². The minimum atomic E-state index is -0.743. The van der Waals surface area contributed by atoms with Crippen molar-refractivity contribution in [3.63, 3.8) is 0 Å². The number of carbonyl (C=O) groups excluding carboxylic acids is 2. The Labute approximate surface area is 188 Å². The van der Waals surface area contributed by atoms with Crippen molar-refractivity contribution < 1.29 is 18.4 Å². The molecule has 0 aliphatic carbocycles. The molecule has 0 saturated heterocycles. The third kappa shape index (κ3) is 4.52. The summed E-state index contributed by atoms with van der Waals surface area (Å²) in [5, 5.41) is 10.2. The van der Waals surface area contributed by atoms with Crippen molar-refractivity contribution in [1.82, 2.24) is 0 Å². The van der Waals surface area contributed by atoms with E-state index in [2.05, 4.69) is 5.32 Å². The quantitative estimate of drug-likeness (QED) is 0.341. The number of anilines is 2. The van der Waals surface area contributed by atoms with Crippen molar-refractivity contribution >= 4 is 29.0 Å². The van der Waals surface area contributed by atoms with E-state index in [1.54, 1.807) is 42.5 Å². The number of nitrogens with one attached hydrogen (secondary N) is 2. The molecule has 0 saturated carbocycles. The number of amides is 2. The van der Waals surface area contributed by atoms with Gasteiger partial charge in [0.1, 0.15) is 23.5 Å². The average Bonchev–Trinajstić information content (AvgIpc) is 3.14. The van der Waals surface area contributed by atoms with Crippen molar-refractivity contribution in [2.24, 2.45) is 11.5 Å². The zero-order valence-corrected chi connectivity index (χ0v) is 17.4. The molecule has 0 spiro atoms. The van der Waals surface area contributed by atoms with E-state index < -0.39 is 29.5 Å². The first-order valence-electron chi connectivity index (χ1n) is 10.1. The Hall–Kier alpha value is -4.27. The standard InChI is InChI=1S/C24H21F2N5O2/c25-17-7-8-18(26)19(11-17)30-24(33)21-9-15-5-6-16(22(27)28)10-20(15)31(21)12-13-1-3-14(4-2-13)23(29)32/h1-8,10-11,21H,9,12H2,(H3,27,28)(H2,29,32)(H,30,33). The molecule has 2 amide bonds. The number of primary amides is 1. The number of amidine groups is 1. The van der Waals surface area contributed by atoms with Gasteiger partial charge < -0.3 is 21.7 Å². The lowest BCUT2D eigenvalue weighted by atomic mass is 10.1. The van der Waals surface area contributed by atoms with Crippen molar-refractivity contribution in [1.29, 1.82) is 5.41 Å². The Morgan fingerprint density at radius 3 is 2.36 bits per heavy atom. The second-order valence-corrected chi connectivity index (χ2v) is 7.78. The molecule has 0 aromatic heterocycles. The van der Waals surface area contributed by atoms with Crippen molar-refractivity contribution in [3.8, 4) is 0 Å². The van der Waals surface area contributed by atoms with E-state index in [9.17, 15) is 18.4 Å². The fraction of sp³-hybridized carbons (Fsp3) is 0.125. The molecular formula is C24H21F2N5O2.